The molecule has 1 saturated carbocycles. The van der Waals surface area contributed by atoms with Crippen molar-refractivity contribution < 1.29 is 0 Å². The Hall–Kier alpha value is -1.60. The van der Waals surface area contributed by atoms with Crippen LogP contribution in [0, 0.1) is 11.3 Å². The maximum Gasteiger partial charge on any atom is -0.00718 e. The van der Waals surface area contributed by atoms with Gasteiger partial charge in [0.1, 0.15) is 0 Å². The maximum atomic E-state index is 5.86. The van der Waals surface area contributed by atoms with Gasteiger partial charge in [-0.2, -0.15) is 0 Å². The van der Waals surface area contributed by atoms with E-state index in [0.29, 0.717) is 5.41 Å². The van der Waals surface area contributed by atoms with Crippen molar-refractivity contribution in [1.29, 1.82) is 0 Å². The van der Waals surface area contributed by atoms with Crippen molar-refractivity contribution in [3.63, 3.8) is 0 Å². The molecule has 2 aromatic carbocycles. The Bertz CT molecular complexity index is 534. The molecule has 2 aromatic rings. The molecule has 0 aliphatic heterocycles. The summed E-state index contributed by atoms with van der Waals surface area (Å²) < 4.78 is 0. The molecule has 0 heterocycles. The zero-order valence-electron chi connectivity index (χ0n) is 12.0. The number of hydrogen-bond acceptors (Lipinski definition) is 1. The van der Waals surface area contributed by atoms with Crippen molar-refractivity contribution in [3.8, 4) is 0 Å². The molecule has 1 aliphatic carbocycles. The summed E-state index contributed by atoms with van der Waals surface area (Å²) in [6, 6.07) is 21.7. The number of hydrogen-bond donors (Lipinski definition) is 1. The first kappa shape index (κ1) is 13.4. The van der Waals surface area contributed by atoms with E-state index in [-0.39, 0.29) is 0 Å². The molecule has 0 saturated heterocycles. The molecule has 20 heavy (non-hydrogen) atoms. The van der Waals surface area contributed by atoms with Gasteiger partial charge in [-0.25, -0.2) is 0 Å². The molecule has 0 bridgehead atoms. The molecular formula is C19H23N. The summed E-state index contributed by atoms with van der Waals surface area (Å²) in [5.74, 6) is 0.800. The van der Waals surface area contributed by atoms with Crippen LogP contribution in [0.4, 0.5) is 0 Å². The van der Waals surface area contributed by atoms with E-state index in [9.17, 15) is 0 Å². The van der Waals surface area contributed by atoms with Gasteiger partial charge in [0.2, 0.25) is 0 Å². The van der Waals surface area contributed by atoms with Gasteiger partial charge in [0.05, 0.1) is 0 Å². The van der Waals surface area contributed by atoms with Gasteiger partial charge in [0.15, 0.2) is 0 Å². The van der Waals surface area contributed by atoms with Crippen LogP contribution >= 0.6 is 0 Å². The predicted octanol–water partition coefficient (Wildman–Crippen LogP) is 3.83. The number of benzene rings is 2. The van der Waals surface area contributed by atoms with Gasteiger partial charge in [-0.1, -0.05) is 60.7 Å². The highest BCUT2D eigenvalue weighted by atomic mass is 14.6. The van der Waals surface area contributed by atoms with Crippen LogP contribution < -0.4 is 5.73 Å². The molecular weight excluding hydrogens is 242 g/mol. The van der Waals surface area contributed by atoms with Crippen LogP contribution in [0.25, 0.3) is 0 Å². The van der Waals surface area contributed by atoms with Gasteiger partial charge in [-0.3, -0.25) is 0 Å². The molecule has 1 aliphatic rings. The van der Waals surface area contributed by atoms with Crippen molar-refractivity contribution >= 4 is 0 Å². The SMILES string of the molecule is NCCC1(Cc2ccccc2)CC1Cc1ccccc1. The number of rotatable bonds is 6. The fourth-order valence-electron chi connectivity index (χ4n) is 3.52. The molecule has 2 atom stereocenters. The number of nitrogens with two attached hydrogens (primary N) is 1. The lowest BCUT2D eigenvalue weighted by atomic mass is 9.89. The van der Waals surface area contributed by atoms with E-state index in [2.05, 4.69) is 60.7 Å². The van der Waals surface area contributed by atoms with E-state index >= 15 is 0 Å². The molecule has 0 amide bonds. The molecule has 0 radical (unpaired) electrons. The Balaban J connectivity index is 1.69. The van der Waals surface area contributed by atoms with E-state index in [1.54, 1.807) is 0 Å². The minimum absolute atomic E-state index is 0.450. The Labute approximate surface area is 121 Å². The predicted molar refractivity (Wildman–Crippen MR) is 84.5 cm³/mol. The highest BCUT2D eigenvalue weighted by molar-refractivity contribution is 5.23. The summed E-state index contributed by atoms with van der Waals surface area (Å²) in [6.07, 6.45) is 4.86. The van der Waals surface area contributed by atoms with Gasteiger partial charge >= 0.3 is 0 Å². The first-order chi connectivity index (χ1) is 9.82. The molecule has 3 rings (SSSR count). The second-order valence-corrected chi connectivity index (χ2v) is 6.15. The highest BCUT2D eigenvalue weighted by Gasteiger charge is 2.52. The molecule has 1 nitrogen and oxygen atoms in total. The van der Waals surface area contributed by atoms with Gasteiger partial charge < -0.3 is 5.73 Å². The van der Waals surface area contributed by atoms with Crippen LogP contribution in [-0.2, 0) is 12.8 Å². The lowest BCUT2D eigenvalue weighted by Gasteiger charge is -2.17. The molecule has 1 fully saturated rings. The molecule has 2 N–H and O–H groups in total. The monoisotopic (exact) mass is 265 g/mol. The third kappa shape index (κ3) is 2.94. The van der Waals surface area contributed by atoms with E-state index in [1.807, 2.05) is 0 Å². The highest BCUT2D eigenvalue weighted by Crippen LogP contribution is 2.58. The van der Waals surface area contributed by atoms with Gasteiger partial charge in [0.25, 0.3) is 0 Å². The van der Waals surface area contributed by atoms with Crippen LogP contribution in [0.1, 0.15) is 24.0 Å². The largest absolute Gasteiger partial charge is 0.330 e. The quantitative estimate of drug-likeness (QED) is 0.844. The van der Waals surface area contributed by atoms with Crippen LogP contribution in [0.15, 0.2) is 60.7 Å². The fourth-order valence-corrected chi connectivity index (χ4v) is 3.52. The topological polar surface area (TPSA) is 26.0 Å². The molecule has 1 heteroatoms. The second-order valence-electron chi connectivity index (χ2n) is 6.15. The van der Waals surface area contributed by atoms with E-state index in [4.69, 9.17) is 5.73 Å². The summed E-state index contributed by atoms with van der Waals surface area (Å²) >= 11 is 0. The molecule has 2 unspecified atom stereocenters. The molecule has 104 valence electrons. The van der Waals surface area contributed by atoms with E-state index < -0.39 is 0 Å². The van der Waals surface area contributed by atoms with Crippen molar-refractivity contribution in [1.82, 2.24) is 0 Å². The lowest BCUT2D eigenvalue weighted by molar-refractivity contribution is 0.419. The second kappa shape index (κ2) is 5.80. The standard InChI is InChI=1S/C19H23N/c20-12-11-19(14-17-9-5-2-6-10-17)15-18(19)13-16-7-3-1-4-8-16/h1-10,18H,11-15,20H2. The maximum absolute atomic E-state index is 5.86. The summed E-state index contributed by atoms with van der Waals surface area (Å²) in [4.78, 5) is 0. The Kier molecular flexibility index (Phi) is 3.88. The van der Waals surface area contributed by atoms with Crippen molar-refractivity contribution in [2.24, 2.45) is 17.1 Å². The lowest BCUT2D eigenvalue weighted by Crippen LogP contribution is -2.15. The summed E-state index contributed by atoms with van der Waals surface area (Å²) in [6.45, 7) is 0.804. The smallest absolute Gasteiger partial charge is 0.00718 e. The van der Waals surface area contributed by atoms with Gasteiger partial charge in [0, 0.05) is 0 Å². The normalized spacial score (nSPS) is 24.6. The van der Waals surface area contributed by atoms with Crippen LogP contribution in [0.5, 0.6) is 0 Å². The first-order valence-corrected chi connectivity index (χ1v) is 7.60. The third-order valence-electron chi connectivity index (χ3n) is 4.72. The summed E-state index contributed by atoms with van der Waals surface area (Å²) in [5, 5.41) is 0. The average molecular weight is 265 g/mol. The van der Waals surface area contributed by atoms with Crippen molar-refractivity contribution in [2.45, 2.75) is 25.7 Å². The third-order valence-corrected chi connectivity index (χ3v) is 4.72. The Morgan fingerprint density at radius 3 is 2.10 bits per heavy atom. The first-order valence-electron chi connectivity index (χ1n) is 7.60. The van der Waals surface area contributed by atoms with Crippen LogP contribution in [0.3, 0.4) is 0 Å². The average Bonchev–Trinajstić information content (AvgIpc) is 3.13. The summed E-state index contributed by atoms with van der Waals surface area (Å²) in [7, 11) is 0. The fraction of sp³-hybridized carbons (Fsp3) is 0.368. The summed E-state index contributed by atoms with van der Waals surface area (Å²) in [5.41, 5.74) is 9.23. The minimum Gasteiger partial charge on any atom is -0.330 e. The van der Waals surface area contributed by atoms with E-state index in [1.165, 1.54) is 30.4 Å². The van der Waals surface area contributed by atoms with Crippen LogP contribution in [-0.4, -0.2) is 6.54 Å². The molecule has 0 aromatic heterocycles. The minimum atomic E-state index is 0.450. The van der Waals surface area contributed by atoms with Crippen LogP contribution in [0.2, 0.25) is 0 Å². The van der Waals surface area contributed by atoms with Gasteiger partial charge in [-0.15, -0.1) is 0 Å². The zero-order valence-corrected chi connectivity index (χ0v) is 12.0. The van der Waals surface area contributed by atoms with Crippen molar-refractivity contribution in [2.75, 3.05) is 6.54 Å². The van der Waals surface area contributed by atoms with Crippen molar-refractivity contribution in [3.05, 3.63) is 71.8 Å². The van der Waals surface area contributed by atoms with Gasteiger partial charge in [-0.05, 0) is 54.7 Å². The Morgan fingerprint density at radius 1 is 0.900 bits per heavy atom. The molecule has 0 spiro atoms. The Morgan fingerprint density at radius 2 is 1.50 bits per heavy atom. The zero-order chi connectivity index (χ0) is 13.8. The van der Waals surface area contributed by atoms with E-state index in [0.717, 1.165) is 18.9 Å².